The van der Waals surface area contributed by atoms with Gasteiger partial charge in [-0.2, -0.15) is 0 Å². The summed E-state index contributed by atoms with van der Waals surface area (Å²) in [4.78, 5) is 12.5. The van der Waals surface area contributed by atoms with Crippen LogP contribution in [0, 0.1) is 5.92 Å². The van der Waals surface area contributed by atoms with E-state index in [0.29, 0.717) is 5.88 Å². The zero-order valence-corrected chi connectivity index (χ0v) is 11.1. The Morgan fingerprint density at radius 3 is 2.79 bits per heavy atom. The Bertz CT molecular complexity index is 311. The summed E-state index contributed by atoms with van der Waals surface area (Å²) in [5.41, 5.74) is 0. The van der Waals surface area contributed by atoms with Gasteiger partial charge in [-0.15, -0.1) is 22.9 Å². The minimum absolute atomic E-state index is 0.0815. The molecule has 1 aromatic rings. The van der Waals surface area contributed by atoms with E-state index in [4.69, 9.17) is 11.6 Å². The molecule has 0 bridgehead atoms. The van der Waals surface area contributed by atoms with Crippen LogP contribution >= 0.6 is 38.9 Å². The van der Waals surface area contributed by atoms with Crippen molar-refractivity contribution in [2.75, 3.05) is 5.88 Å². The minimum Gasteiger partial charge on any atom is -0.300 e. The van der Waals surface area contributed by atoms with Gasteiger partial charge in [-0.3, -0.25) is 4.79 Å². The highest BCUT2D eigenvalue weighted by Crippen LogP contribution is 2.25. The Hall–Kier alpha value is 0.140. The van der Waals surface area contributed by atoms with Crippen LogP contribution in [0.3, 0.4) is 0 Å². The summed E-state index contributed by atoms with van der Waals surface area (Å²) >= 11 is 10.7. The summed E-state index contributed by atoms with van der Waals surface area (Å²) in [7, 11) is 0. The van der Waals surface area contributed by atoms with E-state index in [1.807, 2.05) is 6.07 Å². The van der Waals surface area contributed by atoms with Crippen LogP contribution in [-0.2, 0) is 11.2 Å². The number of ketones is 1. The second-order valence-corrected chi connectivity index (χ2v) is 6.12. The number of thiophene rings is 1. The summed E-state index contributed by atoms with van der Waals surface area (Å²) in [6.45, 7) is 1.64. The molecule has 0 aliphatic rings. The summed E-state index contributed by atoms with van der Waals surface area (Å²) in [5.74, 6) is 0.866. The maximum atomic E-state index is 11.3. The van der Waals surface area contributed by atoms with Crippen molar-refractivity contribution in [1.29, 1.82) is 0 Å². The first-order valence-corrected chi connectivity index (χ1v) is 6.58. The van der Waals surface area contributed by atoms with Crippen LogP contribution in [0.4, 0.5) is 0 Å². The van der Waals surface area contributed by atoms with Crippen molar-refractivity contribution in [3.8, 4) is 0 Å². The fourth-order valence-corrected chi connectivity index (χ4v) is 3.11. The van der Waals surface area contributed by atoms with Crippen molar-refractivity contribution in [3.63, 3.8) is 0 Å². The van der Waals surface area contributed by atoms with Gasteiger partial charge in [-0.1, -0.05) is 0 Å². The van der Waals surface area contributed by atoms with Crippen LogP contribution in [0.2, 0.25) is 0 Å². The van der Waals surface area contributed by atoms with E-state index >= 15 is 0 Å². The molecule has 0 radical (unpaired) electrons. The van der Waals surface area contributed by atoms with E-state index in [1.165, 1.54) is 4.88 Å². The highest BCUT2D eigenvalue weighted by atomic mass is 79.9. The van der Waals surface area contributed by atoms with E-state index < -0.39 is 0 Å². The number of Topliss-reactive ketones (excluding diaryl/α,β-unsaturated/α-hetero) is 1. The zero-order chi connectivity index (χ0) is 10.6. The summed E-state index contributed by atoms with van der Waals surface area (Å²) in [6.07, 6.45) is 1.59. The molecule has 0 N–H and O–H groups in total. The lowest BCUT2D eigenvalue weighted by atomic mass is 9.97. The number of hydrogen-bond acceptors (Lipinski definition) is 2. The maximum absolute atomic E-state index is 11.3. The van der Waals surface area contributed by atoms with Gasteiger partial charge < -0.3 is 0 Å². The molecule has 0 aromatic carbocycles. The largest absolute Gasteiger partial charge is 0.300 e. The van der Waals surface area contributed by atoms with Gasteiger partial charge in [0.15, 0.2) is 0 Å². The number of alkyl halides is 1. The van der Waals surface area contributed by atoms with E-state index in [-0.39, 0.29) is 11.7 Å². The van der Waals surface area contributed by atoms with Crippen LogP contribution in [0.5, 0.6) is 0 Å². The molecule has 1 aromatic heterocycles. The predicted molar refractivity (Wildman–Crippen MR) is 65.2 cm³/mol. The van der Waals surface area contributed by atoms with Gasteiger partial charge in [-0.25, -0.2) is 0 Å². The monoisotopic (exact) mass is 294 g/mol. The highest BCUT2D eigenvalue weighted by molar-refractivity contribution is 9.11. The van der Waals surface area contributed by atoms with Crippen LogP contribution in [0.15, 0.2) is 15.9 Å². The molecule has 0 fully saturated rings. The minimum atomic E-state index is 0.0815. The number of rotatable bonds is 5. The lowest BCUT2D eigenvalue weighted by molar-refractivity contribution is -0.120. The zero-order valence-electron chi connectivity index (χ0n) is 7.93. The van der Waals surface area contributed by atoms with Crippen LogP contribution < -0.4 is 0 Å². The lowest BCUT2D eigenvalue weighted by Gasteiger charge is -2.09. The van der Waals surface area contributed by atoms with Crippen LogP contribution in [-0.4, -0.2) is 11.7 Å². The van der Waals surface area contributed by atoms with Gasteiger partial charge in [0.05, 0.1) is 3.79 Å². The molecule has 4 heteroatoms. The first-order valence-electron chi connectivity index (χ1n) is 4.44. The topological polar surface area (TPSA) is 17.1 Å². The molecule has 14 heavy (non-hydrogen) atoms. The van der Waals surface area contributed by atoms with E-state index in [0.717, 1.165) is 16.6 Å². The molecule has 0 aliphatic carbocycles. The third-order valence-corrected chi connectivity index (χ3v) is 3.97. The quantitative estimate of drug-likeness (QED) is 0.753. The molecule has 0 saturated carbocycles. The number of halogens is 2. The number of carbonyl (C=O) groups excluding carboxylic acids is 1. The van der Waals surface area contributed by atoms with Gasteiger partial charge in [0, 0.05) is 16.7 Å². The van der Waals surface area contributed by atoms with Gasteiger partial charge in [0.2, 0.25) is 0 Å². The van der Waals surface area contributed by atoms with E-state index in [9.17, 15) is 4.79 Å². The first kappa shape index (κ1) is 12.2. The Morgan fingerprint density at radius 2 is 2.36 bits per heavy atom. The van der Waals surface area contributed by atoms with E-state index in [1.54, 1.807) is 18.3 Å². The van der Waals surface area contributed by atoms with Crippen LogP contribution in [0.25, 0.3) is 0 Å². The maximum Gasteiger partial charge on any atom is 0.133 e. The van der Waals surface area contributed by atoms with Crippen molar-refractivity contribution < 1.29 is 4.79 Å². The fraction of sp³-hybridized carbons (Fsp3) is 0.500. The molecule has 0 amide bonds. The molecule has 1 nitrogen and oxygen atoms in total. The predicted octanol–water partition coefficient (Wildman–Crippen LogP) is 3.89. The van der Waals surface area contributed by atoms with Crippen LogP contribution in [0.1, 0.15) is 18.2 Å². The molecule has 0 saturated heterocycles. The fourth-order valence-electron chi connectivity index (χ4n) is 1.29. The van der Waals surface area contributed by atoms with Crippen molar-refractivity contribution >= 4 is 44.7 Å². The third-order valence-electron chi connectivity index (χ3n) is 2.11. The molecule has 1 rings (SSSR count). The Balaban J connectivity index is 2.59. The molecule has 78 valence electrons. The second-order valence-electron chi connectivity index (χ2n) is 3.20. The first-order chi connectivity index (χ1) is 6.63. The third kappa shape index (κ3) is 3.71. The second kappa shape index (κ2) is 5.89. The summed E-state index contributed by atoms with van der Waals surface area (Å²) in [6, 6.07) is 4.07. The van der Waals surface area contributed by atoms with Gasteiger partial charge >= 0.3 is 0 Å². The average Bonchev–Trinajstić information content (AvgIpc) is 2.50. The molecular weight excluding hydrogens is 284 g/mol. The molecule has 0 aliphatic heterocycles. The number of carbonyl (C=O) groups is 1. The van der Waals surface area contributed by atoms with Gasteiger partial charge in [0.1, 0.15) is 5.78 Å². The van der Waals surface area contributed by atoms with Crippen molar-refractivity contribution in [3.05, 3.63) is 20.8 Å². The smallest absolute Gasteiger partial charge is 0.133 e. The average molecular weight is 296 g/mol. The highest BCUT2D eigenvalue weighted by Gasteiger charge is 2.15. The summed E-state index contributed by atoms with van der Waals surface area (Å²) < 4.78 is 1.11. The van der Waals surface area contributed by atoms with Gasteiger partial charge in [-0.05, 0) is 47.8 Å². The summed E-state index contributed by atoms with van der Waals surface area (Å²) in [5, 5.41) is 0. The lowest BCUT2D eigenvalue weighted by Crippen LogP contribution is -2.13. The Kier molecular flexibility index (Phi) is 5.13. The number of hydrogen-bond donors (Lipinski definition) is 0. The van der Waals surface area contributed by atoms with E-state index in [2.05, 4.69) is 22.0 Å². The Labute approximate surface area is 102 Å². The van der Waals surface area contributed by atoms with Crippen molar-refractivity contribution in [1.82, 2.24) is 0 Å². The molecule has 1 heterocycles. The van der Waals surface area contributed by atoms with Crippen molar-refractivity contribution in [2.24, 2.45) is 5.92 Å². The normalized spacial score (nSPS) is 12.8. The SMILES string of the molecule is CC(=O)C(CCCl)Cc1ccc(Br)s1. The Morgan fingerprint density at radius 1 is 1.64 bits per heavy atom. The molecule has 1 atom stereocenters. The van der Waals surface area contributed by atoms with Crippen molar-refractivity contribution in [2.45, 2.75) is 19.8 Å². The molecule has 0 spiro atoms. The standard InChI is InChI=1S/C10H12BrClOS/c1-7(13)8(4-5-12)6-9-2-3-10(11)14-9/h2-3,8H,4-6H2,1H3. The van der Waals surface area contributed by atoms with Gasteiger partial charge in [0.25, 0.3) is 0 Å². The molecule has 1 unspecified atom stereocenters. The molecular formula is C10H12BrClOS.